The fraction of sp³-hybridized carbons (Fsp3) is 0.273. The minimum absolute atomic E-state index is 0.150. The van der Waals surface area contributed by atoms with Crippen LogP contribution in [0.1, 0.15) is 42.7 Å². The first kappa shape index (κ1) is 20.3. The number of carbonyl (C=O) groups excluding carboxylic acids is 1. The number of carboxylic acid groups (broad SMARTS) is 1. The molecule has 0 fully saturated rings. The van der Waals surface area contributed by atoms with Gasteiger partial charge in [0.2, 0.25) is 0 Å². The van der Waals surface area contributed by atoms with Crippen molar-refractivity contribution in [2.75, 3.05) is 5.32 Å². The largest absolute Gasteiger partial charge is 0.481 e. The molecule has 0 aliphatic carbocycles. The summed E-state index contributed by atoms with van der Waals surface area (Å²) in [7, 11) is 0. The van der Waals surface area contributed by atoms with Crippen LogP contribution >= 0.6 is 0 Å². The maximum absolute atomic E-state index is 13.0. The molecule has 150 valence electrons. The third kappa shape index (κ3) is 4.34. The Morgan fingerprint density at radius 1 is 1.07 bits per heavy atom. The topological polar surface area (TPSA) is 101 Å². The Morgan fingerprint density at radius 2 is 1.76 bits per heavy atom. The molecule has 0 aliphatic rings. The van der Waals surface area contributed by atoms with Gasteiger partial charge in [0.1, 0.15) is 0 Å². The van der Waals surface area contributed by atoms with E-state index in [0.29, 0.717) is 28.6 Å². The van der Waals surface area contributed by atoms with Crippen molar-refractivity contribution in [3.05, 3.63) is 70.1 Å². The van der Waals surface area contributed by atoms with Gasteiger partial charge in [-0.1, -0.05) is 44.2 Å². The van der Waals surface area contributed by atoms with Gasteiger partial charge in [0.25, 0.3) is 11.5 Å². The average Bonchev–Trinajstić information content (AvgIpc) is 2.69. The predicted octanol–water partition coefficient (Wildman–Crippen LogP) is 3.49. The zero-order valence-electron chi connectivity index (χ0n) is 16.5. The van der Waals surface area contributed by atoms with Crippen LogP contribution in [-0.2, 0) is 11.3 Å². The van der Waals surface area contributed by atoms with Gasteiger partial charge in [-0.2, -0.15) is 5.10 Å². The highest BCUT2D eigenvalue weighted by Crippen LogP contribution is 2.21. The van der Waals surface area contributed by atoms with Crippen molar-refractivity contribution in [3.8, 4) is 0 Å². The molecule has 0 spiro atoms. The average molecular weight is 393 g/mol. The van der Waals surface area contributed by atoms with Gasteiger partial charge in [-0.3, -0.25) is 14.4 Å². The molecule has 0 saturated heterocycles. The molecular formula is C22H23N3O4. The lowest BCUT2D eigenvalue weighted by atomic mass is 10.0. The van der Waals surface area contributed by atoms with Crippen molar-refractivity contribution in [2.45, 2.75) is 33.2 Å². The van der Waals surface area contributed by atoms with Crippen molar-refractivity contribution < 1.29 is 14.7 Å². The van der Waals surface area contributed by atoms with Crippen LogP contribution in [0.3, 0.4) is 0 Å². The van der Waals surface area contributed by atoms with E-state index < -0.39 is 17.8 Å². The molecular weight excluding hydrogens is 370 g/mol. The molecule has 0 saturated carbocycles. The summed E-state index contributed by atoms with van der Waals surface area (Å²) in [6.45, 7) is 5.92. The standard InChI is InChI=1S/C22H23N3O4/c1-13(2)12-25-21(27)18-10-5-4-9-17(18)19(24-25)20(26)23-16-8-6-7-15(11-16)14(3)22(28)29/h4-11,13-14H,12H2,1-3H3,(H,23,26)(H,28,29). The number of aliphatic carboxylic acids is 1. The first-order chi connectivity index (χ1) is 13.8. The van der Waals surface area contributed by atoms with Gasteiger partial charge in [0, 0.05) is 17.6 Å². The lowest BCUT2D eigenvalue weighted by Gasteiger charge is -2.13. The van der Waals surface area contributed by atoms with Crippen molar-refractivity contribution >= 4 is 28.3 Å². The maximum Gasteiger partial charge on any atom is 0.310 e. The van der Waals surface area contributed by atoms with Crippen molar-refractivity contribution in [3.63, 3.8) is 0 Å². The second kappa shape index (κ2) is 8.26. The molecule has 1 amide bonds. The molecule has 0 aliphatic heterocycles. The van der Waals surface area contributed by atoms with E-state index in [1.54, 1.807) is 55.5 Å². The summed E-state index contributed by atoms with van der Waals surface area (Å²) in [4.78, 5) is 36.9. The molecule has 3 rings (SSSR count). The summed E-state index contributed by atoms with van der Waals surface area (Å²) >= 11 is 0. The fourth-order valence-electron chi connectivity index (χ4n) is 3.09. The van der Waals surface area contributed by atoms with E-state index in [0.717, 1.165) is 0 Å². The SMILES string of the molecule is CC(C)Cn1nc(C(=O)Nc2cccc(C(C)C(=O)O)c2)c2ccccc2c1=O. The van der Waals surface area contributed by atoms with Crippen LogP contribution in [-0.4, -0.2) is 26.8 Å². The Morgan fingerprint density at radius 3 is 2.41 bits per heavy atom. The number of carbonyl (C=O) groups is 2. The summed E-state index contributed by atoms with van der Waals surface area (Å²) in [6.07, 6.45) is 0. The Labute approximate surface area is 168 Å². The van der Waals surface area contributed by atoms with Crippen LogP contribution in [0.15, 0.2) is 53.3 Å². The minimum atomic E-state index is -0.943. The number of carboxylic acids is 1. The van der Waals surface area contributed by atoms with Crippen LogP contribution < -0.4 is 10.9 Å². The van der Waals surface area contributed by atoms with Gasteiger partial charge in [0.15, 0.2) is 5.69 Å². The summed E-state index contributed by atoms with van der Waals surface area (Å²) in [5.74, 6) is -1.91. The Hall–Kier alpha value is -3.48. The van der Waals surface area contributed by atoms with Crippen molar-refractivity contribution in [1.82, 2.24) is 9.78 Å². The highest BCUT2D eigenvalue weighted by Gasteiger charge is 2.18. The van der Waals surface area contributed by atoms with E-state index in [1.165, 1.54) is 4.68 Å². The van der Waals surface area contributed by atoms with Gasteiger partial charge in [-0.25, -0.2) is 4.68 Å². The second-order valence-corrected chi connectivity index (χ2v) is 7.41. The minimum Gasteiger partial charge on any atom is -0.481 e. The molecule has 7 heteroatoms. The van der Waals surface area contributed by atoms with E-state index in [-0.39, 0.29) is 17.2 Å². The van der Waals surface area contributed by atoms with Crippen molar-refractivity contribution in [2.24, 2.45) is 5.92 Å². The number of hydrogen-bond acceptors (Lipinski definition) is 4. The number of hydrogen-bond donors (Lipinski definition) is 2. The molecule has 2 N–H and O–H groups in total. The molecule has 0 bridgehead atoms. The number of rotatable bonds is 6. The molecule has 0 radical (unpaired) electrons. The monoisotopic (exact) mass is 393 g/mol. The number of fused-ring (bicyclic) bond motifs is 1. The predicted molar refractivity (Wildman–Crippen MR) is 111 cm³/mol. The molecule has 29 heavy (non-hydrogen) atoms. The van der Waals surface area contributed by atoms with Crippen LogP contribution in [0.2, 0.25) is 0 Å². The molecule has 1 unspecified atom stereocenters. The third-order valence-electron chi connectivity index (χ3n) is 4.64. The number of nitrogens with one attached hydrogen (secondary N) is 1. The number of nitrogens with zero attached hydrogens (tertiary/aromatic N) is 2. The van der Waals surface area contributed by atoms with E-state index in [2.05, 4.69) is 10.4 Å². The first-order valence-corrected chi connectivity index (χ1v) is 9.42. The van der Waals surface area contributed by atoms with Gasteiger partial charge in [-0.05, 0) is 36.6 Å². The summed E-state index contributed by atoms with van der Waals surface area (Å²) in [6, 6.07) is 13.6. The quantitative estimate of drug-likeness (QED) is 0.667. The lowest BCUT2D eigenvalue weighted by Crippen LogP contribution is -2.29. The molecule has 1 atom stereocenters. The van der Waals surface area contributed by atoms with Crippen LogP contribution in [0.25, 0.3) is 10.8 Å². The molecule has 2 aromatic carbocycles. The van der Waals surface area contributed by atoms with Crippen LogP contribution in [0.5, 0.6) is 0 Å². The van der Waals surface area contributed by atoms with Gasteiger partial charge in [-0.15, -0.1) is 0 Å². The van der Waals surface area contributed by atoms with Gasteiger partial charge < -0.3 is 10.4 Å². The normalized spacial score (nSPS) is 12.1. The highest BCUT2D eigenvalue weighted by atomic mass is 16.4. The van der Waals surface area contributed by atoms with Gasteiger partial charge in [0.05, 0.1) is 11.3 Å². The van der Waals surface area contributed by atoms with E-state index in [1.807, 2.05) is 13.8 Å². The molecule has 1 aromatic heterocycles. The molecule has 3 aromatic rings. The number of amides is 1. The Bertz CT molecular complexity index is 1130. The Balaban J connectivity index is 2.01. The first-order valence-electron chi connectivity index (χ1n) is 9.42. The number of aromatic nitrogens is 2. The summed E-state index contributed by atoms with van der Waals surface area (Å²) < 4.78 is 1.32. The van der Waals surface area contributed by atoms with E-state index in [4.69, 9.17) is 0 Å². The smallest absolute Gasteiger partial charge is 0.310 e. The van der Waals surface area contributed by atoms with E-state index >= 15 is 0 Å². The van der Waals surface area contributed by atoms with Gasteiger partial charge >= 0.3 is 5.97 Å². The zero-order valence-corrected chi connectivity index (χ0v) is 16.5. The fourth-order valence-corrected chi connectivity index (χ4v) is 3.09. The summed E-state index contributed by atoms with van der Waals surface area (Å²) in [5, 5.41) is 17.2. The number of anilines is 1. The van der Waals surface area contributed by atoms with Crippen LogP contribution in [0, 0.1) is 5.92 Å². The third-order valence-corrected chi connectivity index (χ3v) is 4.64. The maximum atomic E-state index is 13.0. The molecule has 1 heterocycles. The number of benzene rings is 2. The summed E-state index contributed by atoms with van der Waals surface area (Å²) in [5.41, 5.74) is 0.964. The second-order valence-electron chi connectivity index (χ2n) is 7.41. The molecule has 7 nitrogen and oxygen atoms in total. The zero-order chi connectivity index (χ0) is 21.1. The van der Waals surface area contributed by atoms with Crippen LogP contribution in [0.4, 0.5) is 5.69 Å². The van der Waals surface area contributed by atoms with Crippen molar-refractivity contribution in [1.29, 1.82) is 0 Å². The Kier molecular flexibility index (Phi) is 5.77. The highest BCUT2D eigenvalue weighted by molar-refractivity contribution is 6.11. The lowest BCUT2D eigenvalue weighted by molar-refractivity contribution is -0.138. The van der Waals surface area contributed by atoms with E-state index in [9.17, 15) is 19.5 Å².